The van der Waals surface area contributed by atoms with Crippen LogP contribution in [0, 0.1) is 24.5 Å². The molecule has 5 aromatic rings. The van der Waals surface area contributed by atoms with Gasteiger partial charge in [-0.2, -0.15) is 5.10 Å². The predicted octanol–water partition coefficient (Wildman–Crippen LogP) is 6.20. The zero-order valence-electron chi connectivity index (χ0n) is 22.2. The van der Waals surface area contributed by atoms with Gasteiger partial charge in [-0.3, -0.25) is 0 Å². The van der Waals surface area contributed by atoms with Gasteiger partial charge in [0.2, 0.25) is 15.2 Å². The average molecular weight is 627 g/mol. The molecule has 13 heteroatoms. The number of benzene rings is 2. The summed E-state index contributed by atoms with van der Waals surface area (Å²) in [6.07, 6.45) is 2.90. The fourth-order valence-corrected chi connectivity index (χ4v) is 7.09. The third-order valence-corrected chi connectivity index (χ3v) is 9.86. The van der Waals surface area contributed by atoms with Gasteiger partial charge in [-0.05, 0) is 80.1 Å². The summed E-state index contributed by atoms with van der Waals surface area (Å²) in [6, 6.07) is 12.3. The van der Waals surface area contributed by atoms with E-state index >= 15 is 4.39 Å². The van der Waals surface area contributed by atoms with Gasteiger partial charge in [0.25, 0.3) is 0 Å². The molecule has 1 fully saturated rings. The van der Waals surface area contributed by atoms with Crippen LogP contribution in [0.2, 0.25) is 0 Å². The fraction of sp³-hybridized carbons (Fsp3) is 0.207. The summed E-state index contributed by atoms with van der Waals surface area (Å²) in [4.78, 5) is 17.1. The Balaban J connectivity index is 1.56. The maximum atomic E-state index is 15.1. The van der Waals surface area contributed by atoms with Gasteiger partial charge in [0.1, 0.15) is 16.5 Å². The lowest BCUT2D eigenvalue weighted by Gasteiger charge is -2.12. The number of primary sulfonamides is 1. The lowest BCUT2D eigenvalue weighted by Crippen LogP contribution is -2.14. The smallest absolute Gasteiger partial charge is 0.355 e. The molecule has 0 spiro atoms. The highest BCUT2D eigenvalue weighted by molar-refractivity contribution is 7.89. The highest BCUT2D eigenvalue weighted by atomic mass is 32.2. The van der Waals surface area contributed by atoms with E-state index in [9.17, 15) is 22.7 Å². The van der Waals surface area contributed by atoms with Gasteiger partial charge in [0.15, 0.2) is 5.69 Å². The molecule has 1 aliphatic rings. The maximum Gasteiger partial charge on any atom is 0.355 e. The molecule has 0 radical (unpaired) electrons. The Hall–Kier alpha value is -3.78. The van der Waals surface area contributed by atoms with Crippen LogP contribution in [0.1, 0.15) is 45.0 Å². The lowest BCUT2D eigenvalue weighted by molar-refractivity contribution is 0.0691. The zero-order chi connectivity index (χ0) is 29.8. The molecule has 0 bridgehead atoms. The van der Waals surface area contributed by atoms with Gasteiger partial charge in [-0.1, -0.05) is 6.07 Å². The van der Waals surface area contributed by atoms with Crippen molar-refractivity contribution in [1.82, 2.24) is 14.8 Å². The normalized spacial score (nSPS) is 13.5. The third kappa shape index (κ3) is 5.64. The molecule has 42 heavy (non-hydrogen) atoms. The molecule has 0 aliphatic heterocycles. The predicted molar refractivity (Wildman–Crippen MR) is 157 cm³/mol. The summed E-state index contributed by atoms with van der Waals surface area (Å²) in [5.41, 5.74) is 3.42. The minimum atomic E-state index is -4.24. The molecular formula is C29H24F2N4O4S3. The Morgan fingerprint density at radius 3 is 2.52 bits per heavy atom. The molecule has 0 saturated heterocycles. The van der Waals surface area contributed by atoms with Crippen molar-refractivity contribution in [2.24, 2.45) is 11.1 Å². The van der Waals surface area contributed by atoms with Crippen LogP contribution in [0.15, 0.2) is 58.8 Å². The number of aromatic nitrogens is 3. The second-order valence-corrected chi connectivity index (χ2v) is 13.9. The van der Waals surface area contributed by atoms with Crippen molar-refractivity contribution in [3.8, 4) is 26.8 Å². The first-order chi connectivity index (χ1) is 20.0. The van der Waals surface area contributed by atoms with Crippen LogP contribution in [0.3, 0.4) is 0 Å². The number of halogens is 2. The number of thiazole rings is 1. The minimum Gasteiger partial charge on any atom is -0.476 e. The van der Waals surface area contributed by atoms with E-state index < -0.39 is 32.5 Å². The SMILES string of the molecule is Cc1ccc(-c2cc(-c3c(Cc4ccc(S(N)(=O)=O)c(F)c4)c(CC4CC4)nn3-c3nc(C(=O)O)cs3)ccc2F)s1. The molecule has 3 aromatic heterocycles. The number of nitrogens with two attached hydrogens (primary N) is 1. The van der Waals surface area contributed by atoms with Crippen molar-refractivity contribution in [3.05, 3.63) is 92.9 Å². The van der Waals surface area contributed by atoms with E-state index in [1.54, 1.807) is 16.8 Å². The number of hydrogen-bond acceptors (Lipinski definition) is 7. The molecule has 0 amide bonds. The largest absolute Gasteiger partial charge is 0.476 e. The van der Waals surface area contributed by atoms with Gasteiger partial charge < -0.3 is 5.11 Å². The number of thiophene rings is 1. The molecule has 0 atom stereocenters. The number of carboxylic acid groups (broad SMARTS) is 1. The Kier molecular flexibility index (Phi) is 7.29. The van der Waals surface area contributed by atoms with E-state index in [1.807, 2.05) is 19.1 Å². The molecule has 1 saturated carbocycles. The molecule has 3 N–H and O–H groups in total. The summed E-state index contributed by atoms with van der Waals surface area (Å²) in [5, 5.41) is 21.3. The summed E-state index contributed by atoms with van der Waals surface area (Å²) < 4.78 is 55.1. The topological polar surface area (TPSA) is 128 Å². The van der Waals surface area contributed by atoms with Crippen LogP contribution in [0.5, 0.6) is 0 Å². The van der Waals surface area contributed by atoms with E-state index in [-0.39, 0.29) is 12.1 Å². The molecule has 6 rings (SSSR count). The first-order valence-electron chi connectivity index (χ1n) is 13.0. The number of carboxylic acids is 1. The van der Waals surface area contributed by atoms with Crippen LogP contribution in [-0.4, -0.2) is 34.3 Å². The van der Waals surface area contributed by atoms with E-state index in [2.05, 4.69) is 4.98 Å². The first kappa shape index (κ1) is 28.3. The van der Waals surface area contributed by atoms with Crippen molar-refractivity contribution in [2.45, 2.75) is 37.5 Å². The third-order valence-electron chi connectivity index (χ3n) is 7.07. The molecule has 8 nitrogen and oxygen atoms in total. The van der Waals surface area contributed by atoms with Crippen molar-refractivity contribution >= 4 is 38.7 Å². The van der Waals surface area contributed by atoms with E-state index in [1.165, 1.54) is 28.8 Å². The highest BCUT2D eigenvalue weighted by Gasteiger charge is 2.29. The zero-order valence-corrected chi connectivity index (χ0v) is 24.6. The Morgan fingerprint density at radius 2 is 1.90 bits per heavy atom. The van der Waals surface area contributed by atoms with Gasteiger partial charge in [-0.15, -0.1) is 22.7 Å². The summed E-state index contributed by atoms with van der Waals surface area (Å²) in [5.74, 6) is -2.11. The number of sulfonamides is 1. The number of carbonyl (C=O) groups is 1. The van der Waals surface area contributed by atoms with Crippen LogP contribution < -0.4 is 5.14 Å². The van der Waals surface area contributed by atoms with E-state index in [4.69, 9.17) is 10.2 Å². The Morgan fingerprint density at radius 1 is 1.12 bits per heavy atom. The highest BCUT2D eigenvalue weighted by Crippen LogP contribution is 2.40. The van der Waals surface area contributed by atoms with Crippen LogP contribution >= 0.6 is 22.7 Å². The standard InChI is InChI=1S/C29H24F2N4O4S3/c1-15-2-8-25(41-15)19-13-18(6-7-21(19)30)27-20(10-17-5-9-26(22(31)11-17)42(32,38)39)23(12-16-3-4-16)34-35(27)29-33-24(14-40-29)28(36)37/h2,5-9,11,13-14,16H,3-4,10,12H2,1H3,(H,36,37)(H2,32,38,39). The molecular weight excluding hydrogens is 603 g/mol. The van der Waals surface area contributed by atoms with E-state index in [0.29, 0.717) is 39.9 Å². The lowest BCUT2D eigenvalue weighted by atomic mass is 9.96. The number of nitrogens with zero attached hydrogens (tertiary/aromatic N) is 3. The quantitative estimate of drug-likeness (QED) is 0.201. The first-order valence-corrected chi connectivity index (χ1v) is 16.2. The monoisotopic (exact) mass is 626 g/mol. The summed E-state index contributed by atoms with van der Waals surface area (Å²) in [6.45, 7) is 1.94. The van der Waals surface area contributed by atoms with Crippen molar-refractivity contribution in [3.63, 3.8) is 0 Å². The summed E-state index contributed by atoms with van der Waals surface area (Å²) >= 11 is 2.57. The fourth-order valence-electron chi connectivity index (χ4n) is 4.87. The number of rotatable bonds is 9. The average Bonchev–Trinajstić information content (AvgIpc) is 3.28. The Labute approximate surface area is 248 Å². The van der Waals surface area contributed by atoms with Crippen LogP contribution in [0.25, 0.3) is 26.8 Å². The molecule has 1 aliphatic carbocycles. The van der Waals surface area contributed by atoms with Gasteiger partial charge in [-0.25, -0.2) is 36.8 Å². The Bertz CT molecular complexity index is 1960. The molecule has 2 aromatic carbocycles. The van der Waals surface area contributed by atoms with E-state index in [0.717, 1.165) is 57.3 Å². The minimum absolute atomic E-state index is 0.128. The molecule has 0 unspecified atom stereocenters. The molecule has 216 valence electrons. The van der Waals surface area contributed by atoms with Crippen LogP contribution in [-0.2, 0) is 22.9 Å². The number of hydrogen-bond donors (Lipinski definition) is 2. The van der Waals surface area contributed by atoms with Crippen molar-refractivity contribution in [1.29, 1.82) is 0 Å². The maximum absolute atomic E-state index is 15.1. The number of aryl methyl sites for hydroxylation is 1. The van der Waals surface area contributed by atoms with Gasteiger partial charge >= 0.3 is 5.97 Å². The van der Waals surface area contributed by atoms with Crippen LogP contribution in [0.4, 0.5) is 8.78 Å². The molecule has 3 heterocycles. The van der Waals surface area contributed by atoms with Crippen molar-refractivity contribution < 1.29 is 27.1 Å². The van der Waals surface area contributed by atoms with Crippen molar-refractivity contribution in [2.75, 3.05) is 0 Å². The second-order valence-electron chi connectivity index (χ2n) is 10.2. The van der Waals surface area contributed by atoms with Gasteiger partial charge in [0, 0.05) is 38.2 Å². The number of aromatic carboxylic acids is 1. The van der Waals surface area contributed by atoms with Gasteiger partial charge in [0.05, 0.1) is 11.4 Å². The summed E-state index contributed by atoms with van der Waals surface area (Å²) in [7, 11) is -4.24. The second kappa shape index (κ2) is 10.8.